The molecular formula is C13H7ClF5N3O. The summed E-state index contributed by atoms with van der Waals surface area (Å²) in [4.78, 5) is 15.1. The second kappa shape index (κ2) is 5.65. The van der Waals surface area contributed by atoms with E-state index in [0.717, 1.165) is 18.3 Å². The predicted molar refractivity (Wildman–Crippen MR) is 74.7 cm³/mol. The molecule has 4 nitrogen and oxygen atoms in total. The fourth-order valence-corrected chi connectivity index (χ4v) is 1.99. The van der Waals surface area contributed by atoms with Gasteiger partial charge in [-0.2, -0.15) is 13.2 Å². The summed E-state index contributed by atoms with van der Waals surface area (Å²) in [5.74, 6) is -3.25. The van der Waals surface area contributed by atoms with E-state index < -0.39 is 51.2 Å². The normalized spacial score (nSPS) is 11.6. The Kier molecular flexibility index (Phi) is 4.16. The lowest BCUT2D eigenvalue weighted by Crippen LogP contribution is -2.28. The molecular weight excluding hydrogens is 345 g/mol. The minimum absolute atomic E-state index is 0.511. The van der Waals surface area contributed by atoms with Crippen molar-refractivity contribution < 1.29 is 22.0 Å². The Labute approximate surface area is 130 Å². The van der Waals surface area contributed by atoms with Gasteiger partial charge in [-0.15, -0.1) is 0 Å². The van der Waals surface area contributed by atoms with Crippen molar-refractivity contribution in [3.63, 3.8) is 0 Å². The van der Waals surface area contributed by atoms with E-state index in [0.29, 0.717) is 4.57 Å². The summed E-state index contributed by atoms with van der Waals surface area (Å²) in [6.45, 7) is 3.24. The van der Waals surface area contributed by atoms with Crippen molar-refractivity contribution in [3.8, 4) is 11.4 Å². The lowest BCUT2D eigenvalue weighted by Gasteiger charge is -2.15. The fourth-order valence-electron chi connectivity index (χ4n) is 1.82. The molecule has 1 aromatic heterocycles. The highest BCUT2D eigenvalue weighted by molar-refractivity contribution is 6.31. The first-order chi connectivity index (χ1) is 10.6. The second-order valence-electron chi connectivity index (χ2n) is 4.28. The highest BCUT2D eigenvalue weighted by atomic mass is 35.5. The molecule has 0 radical (unpaired) electrons. The maximum absolute atomic E-state index is 14.1. The van der Waals surface area contributed by atoms with Crippen molar-refractivity contribution in [2.24, 2.45) is 0 Å². The number of halogens is 6. The zero-order valence-electron chi connectivity index (χ0n) is 11.1. The van der Waals surface area contributed by atoms with Crippen molar-refractivity contribution in [1.82, 2.24) is 9.55 Å². The van der Waals surface area contributed by atoms with Crippen LogP contribution in [0.3, 0.4) is 0 Å². The van der Waals surface area contributed by atoms with Crippen molar-refractivity contribution in [3.05, 3.63) is 51.4 Å². The predicted octanol–water partition coefficient (Wildman–Crippen LogP) is 3.54. The van der Waals surface area contributed by atoms with Gasteiger partial charge in [-0.25, -0.2) is 13.8 Å². The van der Waals surface area contributed by atoms with E-state index in [4.69, 9.17) is 17.3 Å². The van der Waals surface area contributed by atoms with Crippen LogP contribution < -0.4 is 11.3 Å². The van der Waals surface area contributed by atoms with Crippen LogP contribution in [-0.2, 0) is 6.18 Å². The van der Waals surface area contributed by atoms with E-state index in [1.165, 1.54) is 0 Å². The standard InChI is InChI=1S/C13H7ClF5N3O/c1-2-22-11(5-3-4-6(15)7(14)8(5)16)21-10(13(17,18)19)9(20)12(22)23/h2-4H,1,20H2. The van der Waals surface area contributed by atoms with Crippen molar-refractivity contribution >= 4 is 23.5 Å². The molecule has 0 fully saturated rings. The number of nitrogens with zero attached hydrogens (tertiary/aromatic N) is 2. The van der Waals surface area contributed by atoms with Gasteiger partial charge < -0.3 is 5.73 Å². The lowest BCUT2D eigenvalue weighted by atomic mass is 10.1. The maximum Gasteiger partial charge on any atom is 0.435 e. The number of hydrogen-bond acceptors (Lipinski definition) is 3. The fraction of sp³-hybridized carbons (Fsp3) is 0.0769. The topological polar surface area (TPSA) is 60.9 Å². The van der Waals surface area contributed by atoms with Crippen LogP contribution in [-0.4, -0.2) is 9.55 Å². The molecule has 2 N–H and O–H groups in total. The van der Waals surface area contributed by atoms with Gasteiger partial charge in [0.25, 0.3) is 5.56 Å². The van der Waals surface area contributed by atoms with Gasteiger partial charge in [0.15, 0.2) is 17.3 Å². The van der Waals surface area contributed by atoms with Crippen LogP contribution in [0.4, 0.5) is 27.6 Å². The Balaban J connectivity index is 2.93. The van der Waals surface area contributed by atoms with Gasteiger partial charge in [-0.05, 0) is 12.1 Å². The zero-order chi connectivity index (χ0) is 17.5. The molecule has 0 spiro atoms. The largest absolute Gasteiger partial charge is 0.435 e. The molecule has 122 valence electrons. The minimum atomic E-state index is -5.04. The average molecular weight is 352 g/mol. The van der Waals surface area contributed by atoms with Gasteiger partial charge in [0.1, 0.15) is 16.5 Å². The van der Waals surface area contributed by atoms with E-state index in [1.54, 1.807) is 0 Å². The number of anilines is 1. The molecule has 0 aliphatic rings. The van der Waals surface area contributed by atoms with Gasteiger partial charge in [0.2, 0.25) is 0 Å². The molecule has 1 heterocycles. The number of aromatic nitrogens is 2. The third kappa shape index (κ3) is 2.79. The van der Waals surface area contributed by atoms with Crippen LogP contribution in [0.25, 0.3) is 17.6 Å². The van der Waals surface area contributed by atoms with Gasteiger partial charge in [0, 0.05) is 6.20 Å². The first-order valence-corrected chi connectivity index (χ1v) is 6.23. The van der Waals surface area contributed by atoms with Crippen molar-refractivity contribution in [1.29, 1.82) is 0 Å². The number of nitrogens with two attached hydrogens (primary N) is 1. The summed E-state index contributed by atoms with van der Waals surface area (Å²) in [6.07, 6.45) is -4.24. The van der Waals surface area contributed by atoms with Crippen molar-refractivity contribution in [2.45, 2.75) is 6.18 Å². The van der Waals surface area contributed by atoms with Gasteiger partial charge in [-0.1, -0.05) is 18.2 Å². The van der Waals surface area contributed by atoms with Crippen molar-refractivity contribution in [2.75, 3.05) is 5.73 Å². The van der Waals surface area contributed by atoms with Crippen LogP contribution in [0.1, 0.15) is 5.69 Å². The van der Waals surface area contributed by atoms with E-state index in [9.17, 15) is 26.7 Å². The molecule has 10 heteroatoms. The molecule has 0 bridgehead atoms. The highest BCUT2D eigenvalue weighted by Gasteiger charge is 2.38. The Morgan fingerprint density at radius 1 is 1.30 bits per heavy atom. The smallest absolute Gasteiger partial charge is 0.392 e. The molecule has 0 aliphatic carbocycles. The SMILES string of the molecule is C=Cn1c(-c2ccc(F)c(Cl)c2F)nc(C(F)(F)F)c(N)c1=O. The summed E-state index contributed by atoms with van der Waals surface area (Å²) in [7, 11) is 0. The van der Waals surface area contributed by atoms with Crippen LogP contribution in [0.2, 0.25) is 5.02 Å². The van der Waals surface area contributed by atoms with E-state index >= 15 is 0 Å². The third-order valence-corrected chi connectivity index (χ3v) is 3.22. The molecule has 0 unspecified atom stereocenters. The quantitative estimate of drug-likeness (QED) is 0.665. The number of nitrogen functional groups attached to an aromatic ring is 1. The molecule has 2 rings (SSSR count). The van der Waals surface area contributed by atoms with Crippen LogP contribution in [0, 0.1) is 11.6 Å². The summed E-state index contributed by atoms with van der Waals surface area (Å²) < 4.78 is 66.5. The Morgan fingerprint density at radius 2 is 1.91 bits per heavy atom. The number of hydrogen-bond donors (Lipinski definition) is 1. The molecule has 0 amide bonds. The van der Waals surface area contributed by atoms with Crippen LogP contribution >= 0.6 is 11.6 Å². The Bertz CT molecular complexity index is 860. The molecule has 0 saturated heterocycles. The molecule has 0 saturated carbocycles. The summed E-state index contributed by atoms with van der Waals surface area (Å²) in [6, 6.07) is 1.53. The lowest BCUT2D eigenvalue weighted by molar-refractivity contribution is -0.140. The summed E-state index contributed by atoms with van der Waals surface area (Å²) >= 11 is 5.39. The summed E-state index contributed by atoms with van der Waals surface area (Å²) in [5.41, 5.74) is 0.378. The molecule has 0 aliphatic heterocycles. The number of benzene rings is 1. The average Bonchev–Trinajstić information content (AvgIpc) is 2.46. The monoisotopic (exact) mass is 351 g/mol. The first-order valence-electron chi connectivity index (χ1n) is 5.85. The minimum Gasteiger partial charge on any atom is -0.392 e. The number of alkyl halides is 3. The van der Waals surface area contributed by atoms with E-state index in [1.807, 2.05) is 0 Å². The van der Waals surface area contributed by atoms with E-state index in [2.05, 4.69) is 11.6 Å². The van der Waals surface area contributed by atoms with Gasteiger partial charge in [0.05, 0.1) is 5.56 Å². The maximum atomic E-state index is 14.1. The molecule has 23 heavy (non-hydrogen) atoms. The molecule has 0 atom stereocenters. The van der Waals surface area contributed by atoms with Gasteiger partial charge in [-0.3, -0.25) is 9.36 Å². The zero-order valence-corrected chi connectivity index (χ0v) is 11.8. The third-order valence-electron chi connectivity index (χ3n) is 2.88. The first kappa shape index (κ1) is 16.9. The highest BCUT2D eigenvalue weighted by Crippen LogP contribution is 2.34. The van der Waals surface area contributed by atoms with Gasteiger partial charge >= 0.3 is 6.18 Å². The second-order valence-corrected chi connectivity index (χ2v) is 4.65. The summed E-state index contributed by atoms with van der Waals surface area (Å²) in [5, 5.41) is -0.947. The molecule has 1 aromatic carbocycles. The van der Waals surface area contributed by atoms with Crippen LogP contribution in [0.5, 0.6) is 0 Å². The van der Waals surface area contributed by atoms with Crippen LogP contribution in [0.15, 0.2) is 23.5 Å². The number of rotatable bonds is 2. The van der Waals surface area contributed by atoms with E-state index in [-0.39, 0.29) is 0 Å². The molecule has 2 aromatic rings. The Morgan fingerprint density at radius 3 is 2.43 bits per heavy atom. The Hall–Kier alpha value is -2.42.